The Labute approximate surface area is 100 Å². The molecule has 1 N–H and O–H groups in total. The summed E-state index contributed by atoms with van der Waals surface area (Å²) in [7, 11) is 0. The highest BCUT2D eigenvalue weighted by Crippen LogP contribution is 2.03. The summed E-state index contributed by atoms with van der Waals surface area (Å²) in [4.78, 5) is 34.3. The Morgan fingerprint density at radius 2 is 1.71 bits per heavy atom. The van der Waals surface area contributed by atoms with Gasteiger partial charge in [-0.1, -0.05) is 44.2 Å². The van der Waals surface area contributed by atoms with Crippen LogP contribution in [-0.4, -0.2) is 17.6 Å². The smallest absolute Gasteiger partial charge is 0.234 e. The van der Waals surface area contributed by atoms with Crippen LogP contribution < -0.4 is 5.32 Å². The third-order valence-corrected chi connectivity index (χ3v) is 2.20. The monoisotopic (exact) mass is 233 g/mol. The Kier molecular flexibility index (Phi) is 4.57. The van der Waals surface area contributed by atoms with Crippen LogP contribution in [-0.2, 0) is 9.59 Å². The van der Waals surface area contributed by atoms with Crippen LogP contribution in [0.5, 0.6) is 0 Å². The van der Waals surface area contributed by atoms with Gasteiger partial charge in [-0.15, -0.1) is 0 Å². The minimum Gasteiger partial charge on any atom is -0.296 e. The van der Waals surface area contributed by atoms with Gasteiger partial charge in [0.1, 0.15) is 0 Å². The molecule has 0 bridgehead atoms. The summed E-state index contributed by atoms with van der Waals surface area (Å²) in [6.07, 6.45) is -0.303. The molecule has 0 saturated carbocycles. The second-order valence-electron chi connectivity index (χ2n) is 4.03. The van der Waals surface area contributed by atoms with Crippen molar-refractivity contribution in [3.63, 3.8) is 0 Å². The van der Waals surface area contributed by atoms with Crippen molar-refractivity contribution in [2.24, 2.45) is 5.92 Å². The highest BCUT2D eigenvalue weighted by atomic mass is 16.2. The van der Waals surface area contributed by atoms with Crippen molar-refractivity contribution in [3.05, 3.63) is 35.9 Å². The Morgan fingerprint density at radius 1 is 1.12 bits per heavy atom. The number of hydrogen-bond acceptors (Lipinski definition) is 3. The minimum atomic E-state index is -0.558. The van der Waals surface area contributed by atoms with Gasteiger partial charge >= 0.3 is 0 Å². The lowest BCUT2D eigenvalue weighted by Gasteiger charge is -2.05. The first-order valence-electron chi connectivity index (χ1n) is 5.42. The molecule has 0 spiro atoms. The van der Waals surface area contributed by atoms with E-state index in [-0.39, 0.29) is 24.0 Å². The second kappa shape index (κ2) is 5.94. The highest BCUT2D eigenvalue weighted by molar-refractivity contribution is 6.10. The van der Waals surface area contributed by atoms with Crippen LogP contribution in [0.25, 0.3) is 0 Å². The van der Waals surface area contributed by atoms with Crippen LogP contribution in [0.1, 0.15) is 30.6 Å². The van der Waals surface area contributed by atoms with Gasteiger partial charge in [0.2, 0.25) is 11.8 Å². The number of benzene rings is 1. The molecule has 0 atom stereocenters. The number of carbonyl (C=O) groups is 3. The first-order valence-corrected chi connectivity index (χ1v) is 5.42. The fourth-order valence-electron chi connectivity index (χ4n) is 1.20. The molecule has 0 aliphatic carbocycles. The zero-order valence-electron chi connectivity index (χ0n) is 9.90. The number of imide groups is 1. The maximum Gasteiger partial charge on any atom is 0.234 e. The van der Waals surface area contributed by atoms with Gasteiger partial charge < -0.3 is 0 Å². The highest BCUT2D eigenvalue weighted by Gasteiger charge is 2.15. The Balaban J connectivity index is 2.53. The van der Waals surface area contributed by atoms with E-state index in [1.165, 1.54) is 0 Å². The number of amides is 2. The standard InChI is InChI=1S/C13H15NO3/c1-9(2)13(17)14-12(16)8-11(15)10-6-4-3-5-7-10/h3-7,9H,8H2,1-2H3,(H,14,16,17). The van der Waals surface area contributed by atoms with Crippen LogP contribution in [0.15, 0.2) is 30.3 Å². The average molecular weight is 233 g/mol. The molecule has 2 amide bonds. The molecule has 0 heterocycles. The molecule has 4 heteroatoms. The largest absolute Gasteiger partial charge is 0.296 e. The van der Waals surface area contributed by atoms with Gasteiger partial charge in [-0.3, -0.25) is 19.7 Å². The summed E-state index contributed by atoms with van der Waals surface area (Å²) in [5.41, 5.74) is 0.472. The van der Waals surface area contributed by atoms with Crippen molar-refractivity contribution in [1.29, 1.82) is 0 Å². The topological polar surface area (TPSA) is 63.2 Å². The van der Waals surface area contributed by atoms with Crippen molar-refractivity contribution in [3.8, 4) is 0 Å². The predicted octanol–water partition coefficient (Wildman–Crippen LogP) is 1.56. The van der Waals surface area contributed by atoms with Crippen LogP contribution >= 0.6 is 0 Å². The molecule has 0 aliphatic heterocycles. The molecule has 0 fully saturated rings. The maximum atomic E-state index is 11.6. The minimum absolute atomic E-state index is 0.272. The van der Waals surface area contributed by atoms with Gasteiger partial charge in [0.25, 0.3) is 0 Å². The Morgan fingerprint density at radius 3 is 2.24 bits per heavy atom. The average Bonchev–Trinajstić information content (AvgIpc) is 2.29. The molecule has 17 heavy (non-hydrogen) atoms. The van der Waals surface area contributed by atoms with Crippen LogP contribution in [0.3, 0.4) is 0 Å². The number of nitrogens with one attached hydrogen (secondary N) is 1. The molecular weight excluding hydrogens is 218 g/mol. The molecular formula is C13H15NO3. The maximum absolute atomic E-state index is 11.6. The predicted molar refractivity (Wildman–Crippen MR) is 63.4 cm³/mol. The molecule has 0 aliphatic rings. The van der Waals surface area contributed by atoms with E-state index in [1.807, 2.05) is 0 Å². The fraction of sp³-hybridized carbons (Fsp3) is 0.308. The summed E-state index contributed by atoms with van der Waals surface area (Å²) in [6.45, 7) is 3.36. The lowest BCUT2D eigenvalue weighted by Crippen LogP contribution is -2.34. The van der Waals surface area contributed by atoms with Gasteiger partial charge in [0.05, 0.1) is 6.42 Å². The third-order valence-electron chi connectivity index (χ3n) is 2.20. The van der Waals surface area contributed by atoms with Crippen molar-refractivity contribution in [1.82, 2.24) is 5.32 Å². The second-order valence-corrected chi connectivity index (χ2v) is 4.03. The van der Waals surface area contributed by atoms with E-state index in [2.05, 4.69) is 5.32 Å². The first kappa shape index (κ1) is 13.1. The molecule has 90 valence electrons. The van der Waals surface area contributed by atoms with Gasteiger partial charge in [-0.2, -0.15) is 0 Å². The van der Waals surface area contributed by atoms with E-state index >= 15 is 0 Å². The van der Waals surface area contributed by atoms with Gasteiger partial charge in [-0.05, 0) is 0 Å². The number of ketones is 1. The van der Waals surface area contributed by atoms with Gasteiger partial charge in [0.15, 0.2) is 5.78 Å². The van der Waals surface area contributed by atoms with Crippen LogP contribution in [0, 0.1) is 5.92 Å². The quantitative estimate of drug-likeness (QED) is 0.634. The van der Waals surface area contributed by atoms with Crippen molar-refractivity contribution >= 4 is 17.6 Å². The van der Waals surface area contributed by atoms with Crippen LogP contribution in [0.4, 0.5) is 0 Å². The van der Waals surface area contributed by atoms with E-state index in [9.17, 15) is 14.4 Å². The van der Waals surface area contributed by atoms with Crippen molar-refractivity contribution in [2.45, 2.75) is 20.3 Å². The van der Waals surface area contributed by atoms with E-state index < -0.39 is 5.91 Å². The normalized spacial score (nSPS) is 10.1. The van der Waals surface area contributed by atoms with Crippen molar-refractivity contribution in [2.75, 3.05) is 0 Å². The number of hydrogen-bond donors (Lipinski definition) is 1. The summed E-state index contributed by atoms with van der Waals surface area (Å²) in [6, 6.07) is 8.52. The summed E-state index contributed by atoms with van der Waals surface area (Å²) >= 11 is 0. The zero-order valence-corrected chi connectivity index (χ0v) is 9.90. The van der Waals surface area contributed by atoms with Gasteiger partial charge in [0, 0.05) is 11.5 Å². The molecule has 4 nitrogen and oxygen atoms in total. The fourth-order valence-corrected chi connectivity index (χ4v) is 1.20. The Hall–Kier alpha value is -1.97. The lowest BCUT2D eigenvalue weighted by molar-refractivity contribution is -0.131. The number of rotatable bonds is 4. The summed E-state index contributed by atoms with van der Waals surface area (Å²) < 4.78 is 0. The summed E-state index contributed by atoms with van der Waals surface area (Å²) in [5, 5.41) is 2.18. The van der Waals surface area contributed by atoms with E-state index in [1.54, 1.807) is 44.2 Å². The zero-order chi connectivity index (χ0) is 12.8. The molecule has 0 unspecified atom stereocenters. The molecule has 0 aromatic heterocycles. The first-order chi connectivity index (χ1) is 8.00. The Bertz CT molecular complexity index is 424. The molecule has 1 rings (SSSR count). The molecule has 0 radical (unpaired) electrons. The number of Topliss-reactive ketones (excluding diaryl/α,β-unsaturated/α-hetero) is 1. The van der Waals surface area contributed by atoms with Crippen LogP contribution in [0.2, 0.25) is 0 Å². The van der Waals surface area contributed by atoms with E-state index in [4.69, 9.17) is 0 Å². The lowest BCUT2D eigenvalue weighted by atomic mass is 10.1. The van der Waals surface area contributed by atoms with Crippen molar-refractivity contribution < 1.29 is 14.4 Å². The van der Waals surface area contributed by atoms with E-state index in [0.29, 0.717) is 5.56 Å². The molecule has 1 aromatic carbocycles. The van der Waals surface area contributed by atoms with E-state index in [0.717, 1.165) is 0 Å². The SMILES string of the molecule is CC(C)C(=O)NC(=O)CC(=O)c1ccccc1. The number of carbonyl (C=O) groups excluding carboxylic acids is 3. The van der Waals surface area contributed by atoms with Gasteiger partial charge in [-0.25, -0.2) is 0 Å². The third kappa shape index (κ3) is 4.18. The molecule has 1 aromatic rings. The summed E-state index contributed by atoms with van der Waals surface area (Å²) in [5.74, 6) is -1.49. The molecule has 0 saturated heterocycles.